The van der Waals surface area contributed by atoms with E-state index in [0.717, 1.165) is 17.4 Å². The number of benzene rings is 3. The Balaban J connectivity index is 2.09. The summed E-state index contributed by atoms with van der Waals surface area (Å²) in [5, 5.41) is 11.1. The molecule has 3 aromatic carbocycles. The number of carbonyl (C=O) groups is 2. The van der Waals surface area contributed by atoms with Crippen molar-refractivity contribution in [1.82, 2.24) is 0 Å². The molecule has 0 aliphatic heterocycles. The molecule has 1 aliphatic carbocycles. The first-order chi connectivity index (χ1) is 14.9. The highest BCUT2D eigenvalue weighted by molar-refractivity contribution is 6.31. The number of allylic oxidation sites excluding steroid dienone is 2. The number of aromatic hydroxyl groups is 1. The van der Waals surface area contributed by atoms with E-state index in [4.69, 9.17) is 17.3 Å². The zero-order valence-corrected chi connectivity index (χ0v) is 17.8. The molecular formula is C26H22ClNO3. The van der Waals surface area contributed by atoms with Crippen molar-refractivity contribution in [2.24, 2.45) is 0 Å². The largest absolute Gasteiger partial charge is 0.507 e. The van der Waals surface area contributed by atoms with Gasteiger partial charge in [-0.05, 0) is 47.9 Å². The number of nitrogen functional groups attached to an aromatic ring is 1. The monoisotopic (exact) mass is 431 g/mol. The Morgan fingerprint density at radius 3 is 2.55 bits per heavy atom. The standard InChI is InChI=1S/C26H22ClNO3/c1-16-5-4-6-17(11-16)22-13-19(30)14-23(20-7-2-3-8-25(20)31)26(22,15-29)21-10-9-18(27)12-24(21)28/h2-12,14-15,22,31H,13,28H2,1H3/t22-,26+/m0/s1. The van der Waals surface area contributed by atoms with Crippen LogP contribution in [0, 0.1) is 6.92 Å². The van der Waals surface area contributed by atoms with E-state index < -0.39 is 11.3 Å². The summed E-state index contributed by atoms with van der Waals surface area (Å²) >= 11 is 6.14. The van der Waals surface area contributed by atoms with Gasteiger partial charge in [-0.25, -0.2) is 0 Å². The number of anilines is 1. The number of halogens is 1. The fourth-order valence-electron chi connectivity index (χ4n) is 4.61. The van der Waals surface area contributed by atoms with Gasteiger partial charge in [-0.3, -0.25) is 4.79 Å². The number of hydrogen-bond acceptors (Lipinski definition) is 4. The fourth-order valence-corrected chi connectivity index (χ4v) is 4.79. The second kappa shape index (κ2) is 8.05. The van der Waals surface area contributed by atoms with Gasteiger partial charge in [0.15, 0.2) is 5.78 Å². The van der Waals surface area contributed by atoms with Gasteiger partial charge in [-0.2, -0.15) is 0 Å². The van der Waals surface area contributed by atoms with Crippen molar-refractivity contribution in [1.29, 1.82) is 0 Å². The van der Waals surface area contributed by atoms with E-state index >= 15 is 0 Å². The number of phenols is 1. The Bertz CT molecular complexity index is 1220. The minimum atomic E-state index is -1.28. The van der Waals surface area contributed by atoms with E-state index in [9.17, 15) is 14.7 Å². The molecule has 0 aromatic heterocycles. The van der Waals surface area contributed by atoms with Crippen molar-refractivity contribution < 1.29 is 14.7 Å². The maximum atomic E-state index is 13.1. The summed E-state index contributed by atoms with van der Waals surface area (Å²) in [6.45, 7) is 1.97. The third kappa shape index (κ3) is 3.53. The van der Waals surface area contributed by atoms with E-state index in [1.807, 2.05) is 31.2 Å². The molecule has 4 nitrogen and oxygen atoms in total. The average molecular weight is 432 g/mol. The minimum absolute atomic E-state index is 0.00907. The summed E-state index contributed by atoms with van der Waals surface area (Å²) in [5.41, 5.74) is 8.74. The Kier molecular flexibility index (Phi) is 5.42. The van der Waals surface area contributed by atoms with Crippen molar-refractivity contribution in [3.8, 4) is 5.75 Å². The summed E-state index contributed by atoms with van der Waals surface area (Å²) < 4.78 is 0. The molecule has 1 aliphatic rings. The SMILES string of the molecule is Cc1cccc([C@@H]2CC(=O)C=C(c3ccccc3O)[C@]2(C=O)c2ccc(Cl)cc2N)c1. The molecular weight excluding hydrogens is 410 g/mol. The Morgan fingerprint density at radius 2 is 1.87 bits per heavy atom. The van der Waals surface area contributed by atoms with Crippen LogP contribution >= 0.6 is 11.6 Å². The highest BCUT2D eigenvalue weighted by Gasteiger charge is 2.49. The fraction of sp³-hybridized carbons (Fsp3) is 0.154. The van der Waals surface area contributed by atoms with Gasteiger partial charge in [0.2, 0.25) is 0 Å². The van der Waals surface area contributed by atoms with Crippen LogP contribution in [0.1, 0.15) is 34.6 Å². The molecule has 0 saturated carbocycles. The van der Waals surface area contributed by atoms with Gasteiger partial charge < -0.3 is 15.6 Å². The van der Waals surface area contributed by atoms with E-state index in [1.54, 1.807) is 36.4 Å². The summed E-state index contributed by atoms with van der Waals surface area (Å²) in [6.07, 6.45) is 2.45. The normalized spacial score (nSPS) is 20.9. The highest BCUT2D eigenvalue weighted by atomic mass is 35.5. The molecule has 0 amide bonds. The van der Waals surface area contributed by atoms with Gasteiger partial charge >= 0.3 is 0 Å². The number of nitrogens with two attached hydrogens (primary N) is 1. The highest BCUT2D eigenvalue weighted by Crippen LogP contribution is 2.54. The molecule has 0 heterocycles. The first kappa shape index (κ1) is 20.9. The zero-order chi connectivity index (χ0) is 22.2. The summed E-state index contributed by atoms with van der Waals surface area (Å²) in [6, 6.07) is 19.5. The molecule has 0 saturated heterocycles. The molecule has 0 fully saturated rings. The third-order valence-electron chi connectivity index (χ3n) is 5.99. The summed E-state index contributed by atoms with van der Waals surface area (Å²) in [7, 11) is 0. The third-order valence-corrected chi connectivity index (χ3v) is 6.22. The van der Waals surface area contributed by atoms with Crippen molar-refractivity contribution in [3.63, 3.8) is 0 Å². The lowest BCUT2D eigenvalue weighted by atomic mass is 9.58. The minimum Gasteiger partial charge on any atom is -0.507 e. The lowest BCUT2D eigenvalue weighted by Crippen LogP contribution is -2.41. The van der Waals surface area contributed by atoms with Crippen LogP contribution in [-0.4, -0.2) is 17.2 Å². The topological polar surface area (TPSA) is 80.4 Å². The molecule has 0 radical (unpaired) electrons. The maximum Gasteiger partial charge on any atom is 0.156 e. The van der Waals surface area contributed by atoms with Crippen molar-refractivity contribution >= 4 is 34.9 Å². The maximum absolute atomic E-state index is 13.1. The van der Waals surface area contributed by atoms with E-state index in [1.165, 1.54) is 12.1 Å². The number of ketones is 1. The van der Waals surface area contributed by atoms with Crippen LogP contribution < -0.4 is 5.73 Å². The van der Waals surface area contributed by atoms with Crippen LogP contribution in [0.4, 0.5) is 5.69 Å². The lowest BCUT2D eigenvalue weighted by Gasteiger charge is -2.42. The summed E-state index contributed by atoms with van der Waals surface area (Å²) in [5.74, 6) is -0.625. The Labute approximate surface area is 186 Å². The molecule has 0 bridgehead atoms. The molecule has 2 atom stereocenters. The predicted molar refractivity (Wildman–Crippen MR) is 123 cm³/mol. The van der Waals surface area contributed by atoms with Crippen LogP contribution in [0.3, 0.4) is 0 Å². The van der Waals surface area contributed by atoms with Crippen LogP contribution in [0.25, 0.3) is 5.57 Å². The zero-order valence-electron chi connectivity index (χ0n) is 17.0. The van der Waals surface area contributed by atoms with E-state index in [-0.39, 0.29) is 18.0 Å². The Morgan fingerprint density at radius 1 is 1.10 bits per heavy atom. The quantitative estimate of drug-likeness (QED) is 0.438. The van der Waals surface area contributed by atoms with Gasteiger partial charge in [-0.15, -0.1) is 0 Å². The number of rotatable bonds is 4. The smallest absolute Gasteiger partial charge is 0.156 e. The first-order valence-electron chi connectivity index (χ1n) is 9.98. The van der Waals surface area contributed by atoms with Crippen molar-refractivity contribution in [2.45, 2.75) is 24.7 Å². The van der Waals surface area contributed by atoms with Crippen molar-refractivity contribution in [2.75, 3.05) is 5.73 Å². The van der Waals surface area contributed by atoms with Crippen molar-refractivity contribution in [3.05, 3.63) is 100 Å². The average Bonchev–Trinajstić information content (AvgIpc) is 2.74. The van der Waals surface area contributed by atoms with E-state index in [0.29, 0.717) is 27.4 Å². The van der Waals surface area contributed by atoms with Crippen LogP contribution in [-0.2, 0) is 15.0 Å². The van der Waals surface area contributed by atoms with E-state index in [2.05, 4.69) is 0 Å². The second-order valence-electron chi connectivity index (χ2n) is 7.93. The number of aldehydes is 1. The predicted octanol–water partition coefficient (Wildman–Crippen LogP) is 5.21. The van der Waals surface area contributed by atoms with Gasteiger partial charge in [0, 0.05) is 28.6 Å². The number of hydrogen-bond donors (Lipinski definition) is 2. The van der Waals surface area contributed by atoms with Gasteiger partial charge in [0.25, 0.3) is 0 Å². The summed E-state index contributed by atoms with van der Waals surface area (Å²) in [4.78, 5) is 25.9. The number of carbonyl (C=O) groups excluding carboxylic acids is 2. The number of aryl methyl sites for hydroxylation is 1. The van der Waals surface area contributed by atoms with Gasteiger partial charge in [0.05, 0.1) is 5.41 Å². The van der Waals surface area contributed by atoms with Crippen LogP contribution in [0.2, 0.25) is 5.02 Å². The molecule has 156 valence electrons. The van der Waals surface area contributed by atoms with Gasteiger partial charge in [0.1, 0.15) is 12.0 Å². The van der Waals surface area contributed by atoms with Gasteiger partial charge in [-0.1, -0.05) is 65.7 Å². The molecule has 5 heteroatoms. The molecule has 3 N–H and O–H groups in total. The molecule has 4 rings (SSSR count). The number of phenolic OH excluding ortho intramolecular Hbond substituents is 1. The van der Waals surface area contributed by atoms with Crippen LogP contribution in [0.15, 0.2) is 72.8 Å². The lowest BCUT2D eigenvalue weighted by molar-refractivity contribution is -0.116. The Hall–Kier alpha value is -3.37. The van der Waals surface area contributed by atoms with Crippen LogP contribution in [0.5, 0.6) is 5.75 Å². The molecule has 0 spiro atoms. The molecule has 3 aromatic rings. The number of para-hydroxylation sites is 1. The molecule has 31 heavy (non-hydrogen) atoms. The first-order valence-corrected chi connectivity index (χ1v) is 10.4. The molecule has 0 unspecified atom stereocenters. The second-order valence-corrected chi connectivity index (χ2v) is 8.37.